The lowest BCUT2D eigenvalue weighted by molar-refractivity contribution is -0.110. The molecule has 1 amide bonds. The molecule has 3 nitrogen and oxygen atoms in total. The molecule has 1 aliphatic heterocycles. The van der Waals surface area contributed by atoms with Crippen LogP contribution in [0.25, 0.3) is 0 Å². The normalized spacial score (nSPS) is 38.5. The van der Waals surface area contributed by atoms with Gasteiger partial charge in [0.2, 0.25) is 6.41 Å². The Balaban J connectivity index is 1.79. The summed E-state index contributed by atoms with van der Waals surface area (Å²) < 4.78 is 0. The zero-order valence-electron chi connectivity index (χ0n) is 11.8. The Morgan fingerprint density at radius 2 is 2.20 bits per heavy atom. The summed E-state index contributed by atoms with van der Waals surface area (Å²) >= 11 is 0. The van der Waals surface area contributed by atoms with Gasteiger partial charge in [-0.15, -0.1) is 0 Å². The number of rotatable bonds is 2. The van der Waals surface area contributed by atoms with Gasteiger partial charge in [0.1, 0.15) is 0 Å². The van der Waals surface area contributed by atoms with Crippen LogP contribution < -0.4 is 10.6 Å². The van der Waals surface area contributed by atoms with E-state index in [-0.39, 0.29) is 0 Å². The second-order valence-electron chi connectivity index (χ2n) is 6.70. The van der Waals surface area contributed by atoms with E-state index < -0.39 is 0 Å². The summed E-state index contributed by atoms with van der Waals surface area (Å²) in [4.78, 5) is 10.8. The number of benzene rings is 1. The van der Waals surface area contributed by atoms with Crippen molar-refractivity contribution in [2.45, 2.75) is 49.6 Å². The Kier molecular flexibility index (Phi) is 2.84. The Morgan fingerprint density at radius 1 is 1.30 bits per heavy atom. The minimum atomic E-state index is 0.295. The van der Waals surface area contributed by atoms with Crippen molar-refractivity contribution in [2.24, 2.45) is 5.92 Å². The highest BCUT2D eigenvalue weighted by atomic mass is 16.1. The number of carbonyl (C=O) groups is 1. The molecule has 2 bridgehead atoms. The second-order valence-corrected chi connectivity index (χ2v) is 6.70. The summed E-state index contributed by atoms with van der Waals surface area (Å²) in [7, 11) is 0. The number of carbonyl (C=O) groups excluding carboxylic acids is 1. The number of piperidine rings is 1. The highest BCUT2D eigenvalue weighted by Gasteiger charge is 2.53. The maximum absolute atomic E-state index is 10.8. The van der Waals surface area contributed by atoms with Gasteiger partial charge in [0.25, 0.3) is 0 Å². The van der Waals surface area contributed by atoms with Crippen LogP contribution in [0.3, 0.4) is 0 Å². The Morgan fingerprint density at radius 3 is 3.10 bits per heavy atom. The third kappa shape index (κ3) is 1.65. The zero-order valence-corrected chi connectivity index (χ0v) is 11.8. The molecule has 20 heavy (non-hydrogen) atoms. The summed E-state index contributed by atoms with van der Waals surface area (Å²) in [5.41, 5.74) is 3.39. The molecular weight excluding hydrogens is 248 g/mol. The standard InChI is InChI=1S/C17H22N2O/c20-11-19-13-5-6-15-16-9-12-3-1-2-4-14(12)17(15,10-13)7-8-18-16/h1-4,11,13,15-16,18H,5-10H2,(H,19,20)/t13?,15-,16+,17+/m0/s1. The molecular formula is C17H22N2O. The van der Waals surface area contributed by atoms with E-state index in [0.717, 1.165) is 31.7 Å². The topological polar surface area (TPSA) is 41.1 Å². The fourth-order valence-electron chi connectivity index (χ4n) is 5.17. The van der Waals surface area contributed by atoms with Crippen LogP contribution in [-0.4, -0.2) is 25.0 Å². The van der Waals surface area contributed by atoms with E-state index in [1.165, 1.54) is 24.8 Å². The van der Waals surface area contributed by atoms with Crippen LogP contribution in [-0.2, 0) is 16.6 Å². The molecule has 4 rings (SSSR count). The molecule has 1 aromatic carbocycles. The first kappa shape index (κ1) is 12.4. The maximum Gasteiger partial charge on any atom is 0.207 e. The van der Waals surface area contributed by atoms with Crippen molar-refractivity contribution in [1.29, 1.82) is 0 Å². The molecule has 2 N–H and O–H groups in total. The number of amides is 1. The summed E-state index contributed by atoms with van der Waals surface area (Å²) in [5, 5.41) is 6.79. The molecule has 106 valence electrons. The van der Waals surface area contributed by atoms with E-state index in [4.69, 9.17) is 0 Å². The molecule has 2 aliphatic carbocycles. The maximum atomic E-state index is 10.8. The quantitative estimate of drug-likeness (QED) is 0.804. The van der Waals surface area contributed by atoms with Gasteiger partial charge in [-0.05, 0) is 55.7 Å². The van der Waals surface area contributed by atoms with E-state index in [9.17, 15) is 4.79 Å². The average molecular weight is 270 g/mol. The lowest BCUT2D eigenvalue weighted by Crippen LogP contribution is -2.62. The van der Waals surface area contributed by atoms with Crippen LogP contribution in [0.4, 0.5) is 0 Å². The second kappa shape index (κ2) is 4.59. The summed E-state index contributed by atoms with van der Waals surface area (Å²) in [5.74, 6) is 0.746. The van der Waals surface area contributed by atoms with Crippen molar-refractivity contribution in [3.8, 4) is 0 Å². The number of hydrogen-bond acceptors (Lipinski definition) is 2. The lowest BCUT2D eigenvalue weighted by atomic mass is 9.52. The third-order valence-corrected chi connectivity index (χ3v) is 5.91. The molecule has 3 heteroatoms. The Hall–Kier alpha value is -1.35. The van der Waals surface area contributed by atoms with E-state index >= 15 is 0 Å². The van der Waals surface area contributed by atoms with Crippen molar-refractivity contribution in [3.05, 3.63) is 35.4 Å². The molecule has 1 unspecified atom stereocenters. The lowest BCUT2D eigenvalue weighted by Gasteiger charge is -2.57. The number of fused-ring (bicyclic) bond motifs is 1. The van der Waals surface area contributed by atoms with Crippen LogP contribution in [0.15, 0.2) is 24.3 Å². The van der Waals surface area contributed by atoms with Gasteiger partial charge in [0.05, 0.1) is 0 Å². The predicted octanol–water partition coefficient (Wildman–Crippen LogP) is 1.76. The monoisotopic (exact) mass is 270 g/mol. The van der Waals surface area contributed by atoms with Gasteiger partial charge in [-0.3, -0.25) is 4.79 Å². The van der Waals surface area contributed by atoms with Gasteiger partial charge in [0.15, 0.2) is 0 Å². The third-order valence-electron chi connectivity index (χ3n) is 5.91. The number of hydrogen-bond donors (Lipinski definition) is 2. The molecule has 1 heterocycles. The first-order valence-corrected chi connectivity index (χ1v) is 7.85. The largest absolute Gasteiger partial charge is 0.356 e. The highest BCUT2D eigenvalue weighted by molar-refractivity contribution is 5.47. The molecule has 1 saturated carbocycles. The molecule has 1 saturated heterocycles. The number of nitrogens with one attached hydrogen (secondary N) is 2. The highest BCUT2D eigenvalue weighted by Crippen LogP contribution is 2.53. The predicted molar refractivity (Wildman–Crippen MR) is 78.6 cm³/mol. The van der Waals surface area contributed by atoms with Crippen molar-refractivity contribution in [2.75, 3.05) is 6.54 Å². The van der Waals surface area contributed by atoms with Crippen LogP contribution in [0.1, 0.15) is 36.8 Å². The fraction of sp³-hybridized carbons (Fsp3) is 0.588. The Labute approximate surface area is 120 Å². The van der Waals surface area contributed by atoms with Crippen LogP contribution in [0.5, 0.6) is 0 Å². The molecule has 3 aliphatic rings. The zero-order chi connectivity index (χ0) is 13.6. The van der Waals surface area contributed by atoms with E-state index in [2.05, 4.69) is 34.9 Å². The molecule has 0 radical (unpaired) electrons. The van der Waals surface area contributed by atoms with Crippen LogP contribution in [0, 0.1) is 5.92 Å². The molecule has 2 fully saturated rings. The molecule has 0 aromatic heterocycles. The Bertz CT molecular complexity index is 529. The minimum absolute atomic E-state index is 0.295. The van der Waals surface area contributed by atoms with Gasteiger partial charge in [0, 0.05) is 17.5 Å². The summed E-state index contributed by atoms with van der Waals surface area (Å²) in [6, 6.07) is 9.97. The van der Waals surface area contributed by atoms with E-state index in [1.807, 2.05) is 0 Å². The van der Waals surface area contributed by atoms with Gasteiger partial charge >= 0.3 is 0 Å². The van der Waals surface area contributed by atoms with Gasteiger partial charge < -0.3 is 10.6 Å². The molecule has 1 aromatic rings. The minimum Gasteiger partial charge on any atom is -0.356 e. The first-order valence-electron chi connectivity index (χ1n) is 7.85. The summed E-state index contributed by atoms with van der Waals surface area (Å²) in [6.45, 7) is 1.11. The average Bonchev–Trinajstić information content (AvgIpc) is 2.47. The SMILES string of the molecule is O=CNC1CC[C@H]2[C@H]3Cc4ccccc4[C@@]2(CCN3)C1. The molecule has 4 atom stereocenters. The van der Waals surface area contributed by atoms with Crippen molar-refractivity contribution < 1.29 is 4.79 Å². The van der Waals surface area contributed by atoms with Crippen LogP contribution in [0.2, 0.25) is 0 Å². The van der Waals surface area contributed by atoms with Gasteiger partial charge in [-0.25, -0.2) is 0 Å². The van der Waals surface area contributed by atoms with Crippen LogP contribution >= 0.6 is 0 Å². The first-order chi connectivity index (χ1) is 9.83. The fourth-order valence-corrected chi connectivity index (χ4v) is 5.17. The van der Waals surface area contributed by atoms with Crippen molar-refractivity contribution in [3.63, 3.8) is 0 Å². The van der Waals surface area contributed by atoms with Gasteiger partial charge in [-0.1, -0.05) is 24.3 Å². The van der Waals surface area contributed by atoms with Gasteiger partial charge in [-0.2, -0.15) is 0 Å². The van der Waals surface area contributed by atoms with Crippen molar-refractivity contribution in [1.82, 2.24) is 10.6 Å². The van der Waals surface area contributed by atoms with Crippen molar-refractivity contribution >= 4 is 6.41 Å². The van der Waals surface area contributed by atoms with E-state index in [1.54, 1.807) is 5.56 Å². The smallest absolute Gasteiger partial charge is 0.207 e. The summed E-state index contributed by atoms with van der Waals surface area (Å²) in [6.07, 6.45) is 6.75. The van der Waals surface area contributed by atoms with E-state index in [0.29, 0.717) is 17.5 Å². The molecule has 0 spiro atoms.